The van der Waals surface area contributed by atoms with Crippen LogP contribution in [-0.2, 0) is 4.79 Å². The molecule has 0 heterocycles. The first-order chi connectivity index (χ1) is 11.5. The SMILES string of the molecule is CCCCOc1c(Cl)cc(C(=O)NCCNC(C)=O)cc1OCC. The number of carbonyl (C=O) groups excluding carboxylic acids is 2. The Labute approximate surface area is 147 Å². The molecule has 6 nitrogen and oxygen atoms in total. The molecule has 7 heteroatoms. The Balaban J connectivity index is 2.80. The van der Waals surface area contributed by atoms with E-state index in [4.69, 9.17) is 21.1 Å². The van der Waals surface area contributed by atoms with Crippen molar-refractivity contribution in [3.8, 4) is 11.5 Å². The van der Waals surface area contributed by atoms with Crippen molar-refractivity contribution in [3.63, 3.8) is 0 Å². The summed E-state index contributed by atoms with van der Waals surface area (Å²) in [4.78, 5) is 23.0. The number of carbonyl (C=O) groups is 2. The first-order valence-electron chi connectivity index (χ1n) is 8.11. The lowest BCUT2D eigenvalue weighted by Gasteiger charge is -2.15. The maximum atomic E-state index is 12.2. The molecular weight excluding hydrogens is 332 g/mol. The zero-order valence-electron chi connectivity index (χ0n) is 14.4. The minimum atomic E-state index is -0.289. The van der Waals surface area contributed by atoms with Crippen LogP contribution >= 0.6 is 11.6 Å². The van der Waals surface area contributed by atoms with Crippen molar-refractivity contribution in [1.29, 1.82) is 0 Å². The second-order valence-corrected chi connectivity index (χ2v) is 5.57. The van der Waals surface area contributed by atoms with Crippen molar-refractivity contribution < 1.29 is 19.1 Å². The molecule has 0 aliphatic carbocycles. The number of amides is 2. The third-order valence-corrected chi connectivity index (χ3v) is 3.38. The maximum Gasteiger partial charge on any atom is 0.251 e. The second kappa shape index (κ2) is 10.8. The number of unbranched alkanes of at least 4 members (excludes halogenated alkanes) is 1. The molecular formula is C17H25ClN2O4. The van der Waals surface area contributed by atoms with E-state index in [2.05, 4.69) is 17.6 Å². The van der Waals surface area contributed by atoms with Gasteiger partial charge < -0.3 is 20.1 Å². The smallest absolute Gasteiger partial charge is 0.251 e. The number of hydrogen-bond acceptors (Lipinski definition) is 4. The van der Waals surface area contributed by atoms with Gasteiger partial charge in [-0.3, -0.25) is 9.59 Å². The fourth-order valence-corrected chi connectivity index (χ4v) is 2.20. The molecule has 2 amide bonds. The molecule has 0 radical (unpaired) electrons. The van der Waals surface area contributed by atoms with Crippen LogP contribution in [0.25, 0.3) is 0 Å². The lowest BCUT2D eigenvalue weighted by Crippen LogP contribution is -2.33. The Bertz CT molecular complexity index is 564. The highest BCUT2D eigenvalue weighted by Crippen LogP contribution is 2.36. The summed E-state index contributed by atoms with van der Waals surface area (Å²) in [5.41, 5.74) is 0.383. The maximum absolute atomic E-state index is 12.2. The van der Waals surface area contributed by atoms with Gasteiger partial charge in [0.15, 0.2) is 11.5 Å². The molecule has 1 aromatic rings. The van der Waals surface area contributed by atoms with Crippen LogP contribution in [0.1, 0.15) is 44.0 Å². The van der Waals surface area contributed by atoms with Crippen molar-refractivity contribution in [2.75, 3.05) is 26.3 Å². The molecule has 134 valence electrons. The van der Waals surface area contributed by atoms with Gasteiger partial charge >= 0.3 is 0 Å². The Hall–Kier alpha value is -1.95. The predicted molar refractivity (Wildman–Crippen MR) is 94.0 cm³/mol. The van der Waals surface area contributed by atoms with E-state index < -0.39 is 0 Å². The molecule has 0 saturated heterocycles. The van der Waals surface area contributed by atoms with Crippen LogP contribution in [0.5, 0.6) is 11.5 Å². The van der Waals surface area contributed by atoms with E-state index in [1.165, 1.54) is 6.92 Å². The summed E-state index contributed by atoms with van der Waals surface area (Å²) in [6.07, 6.45) is 1.92. The van der Waals surface area contributed by atoms with Crippen LogP contribution in [0.2, 0.25) is 5.02 Å². The summed E-state index contributed by atoms with van der Waals surface area (Å²) in [5, 5.41) is 5.66. The van der Waals surface area contributed by atoms with E-state index in [0.29, 0.717) is 48.4 Å². The van der Waals surface area contributed by atoms with E-state index >= 15 is 0 Å². The quantitative estimate of drug-likeness (QED) is 0.632. The van der Waals surface area contributed by atoms with Crippen molar-refractivity contribution in [2.24, 2.45) is 0 Å². The summed E-state index contributed by atoms with van der Waals surface area (Å²) in [6.45, 7) is 7.02. The van der Waals surface area contributed by atoms with Gasteiger partial charge in [-0.2, -0.15) is 0 Å². The van der Waals surface area contributed by atoms with Gasteiger partial charge in [0.25, 0.3) is 5.91 Å². The Morgan fingerprint density at radius 3 is 2.46 bits per heavy atom. The van der Waals surface area contributed by atoms with E-state index in [9.17, 15) is 9.59 Å². The first kappa shape index (κ1) is 20.1. The fourth-order valence-electron chi connectivity index (χ4n) is 1.94. The summed E-state index contributed by atoms with van der Waals surface area (Å²) in [6, 6.07) is 3.17. The average Bonchev–Trinajstić information content (AvgIpc) is 2.53. The van der Waals surface area contributed by atoms with Gasteiger partial charge in [-0.15, -0.1) is 0 Å². The number of ether oxygens (including phenoxy) is 2. The highest BCUT2D eigenvalue weighted by molar-refractivity contribution is 6.32. The van der Waals surface area contributed by atoms with Crippen LogP contribution in [0.15, 0.2) is 12.1 Å². The van der Waals surface area contributed by atoms with E-state index in [0.717, 1.165) is 12.8 Å². The predicted octanol–water partition coefficient (Wildman–Crippen LogP) is 2.78. The highest BCUT2D eigenvalue weighted by Gasteiger charge is 2.16. The van der Waals surface area contributed by atoms with Crippen LogP contribution < -0.4 is 20.1 Å². The van der Waals surface area contributed by atoms with Gasteiger partial charge in [-0.1, -0.05) is 24.9 Å². The molecule has 0 aliphatic heterocycles. The molecule has 1 rings (SSSR count). The largest absolute Gasteiger partial charge is 0.490 e. The Kier molecular flexibility index (Phi) is 9.01. The van der Waals surface area contributed by atoms with Gasteiger partial charge in [0.1, 0.15) is 0 Å². The first-order valence-corrected chi connectivity index (χ1v) is 8.49. The van der Waals surface area contributed by atoms with Crippen LogP contribution in [-0.4, -0.2) is 38.1 Å². The van der Waals surface area contributed by atoms with E-state index in [1.54, 1.807) is 12.1 Å². The topological polar surface area (TPSA) is 76.7 Å². The van der Waals surface area contributed by atoms with E-state index in [1.807, 2.05) is 6.92 Å². The normalized spacial score (nSPS) is 10.2. The van der Waals surface area contributed by atoms with Crippen molar-refractivity contribution in [1.82, 2.24) is 10.6 Å². The molecule has 0 atom stereocenters. The molecule has 0 saturated carbocycles. The number of hydrogen-bond donors (Lipinski definition) is 2. The zero-order chi connectivity index (χ0) is 17.9. The van der Waals surface area contributed by atoms with Crippen molar-refractivity contribution >= 4 is 23.4 Å². The van der Waals surface area contributed by atoms with Gasteiger partial charge in [0, 0.05) is 25.6 Å². The molecule has 0 aromatic heterocycles. The molecule has 0 aliphatic rings. The minimum absolute atomic E-state index is 0.139. The monoisotopic (exact) mass is 356 g/mol. The van der Waals surface area contributed by atoms with Crippen LogP contribution in [0, 0.1) is 0 Å². The fraction of sp³-hybridized carbons (Fsp3) is 0.529. The van der Waals surface area contributed by atoms with Crippen LogP contribution in [0.4, 0.5) is 0 Å². The second-order valence-electron chi connectivity index (χ2n) is 5.16. The molecule has 1 aromatic carbocycles. The van der Waals surface area contributed by atoms with Crippen molar-refractivity contribution in [2.45, 2.75) is 33.6 Å². The third kappa shape index (κ3) is 6.66. The zero-order valence-corrected chi connectivity index (χ0v) is 15.2. The minimum Gasteiger partial charge on any atom is -0.490 e. The lowest BCUT2D eigenvalue weighted by atomic mass is 10.2. The number of benzene rings is 1. The Morgan fingerprint density at radius 2 is 1.83 bits per heavy atom. The molecule has 0 spiro atoms. The number of nitrogens with one attached hydrogen (secondary N) is 2. The van der Waals surface area contributed by atoms with E-state index in [-0.39, 0.29) is 11.8 Å². The Morgan fingerprint density at radius 1 is 1.12 bits per heavy atom. The van der Waals surface area contributed by atoms with Gasteiger partial charge in [-0.25, -0.2) is 0 Å². The van der Waals surface area contributed by atoms with Gasteiger partial charge in [0.2, 0.25) is 5.91 Å². The van der Waals surface area contributed by atoms with Crippen molar-refractivity contribution in [3.05, 3.63) is 22.7 Å². The third-order valence-electron chi connectivity index (χ3n) is 3.10. The summed E-state index contributed by atoms with van der Waals surface area (Å²) in [7, 11) is 0. The lowest BCUT2D eigenvalue weighted by molar-refractivity contribution is -0.118. The molecule has 0 unspecified atom stereocenters. The summed E-state index contributed by atoms with van der Waals surface area (Å²) in [5.74, 6) is 0.484. The highest BCUT2D eigenvalue weighted by atomic mass is 35.5. The van der Waals surface area contributed by atoms with Gasteiger partial charge in [-0.05, 0) is 25.5 Å². The van der Waals surface area contributed by atoms with Gasteiger partial charge in [0.05, 0.1) is 18.2 Å². The standard InChI is InChI=1S/C17H25ClN2O4/c1-4-6-9-24-16-14(18)10-13(11-15(16)23-5-2)17(22)20-8-7-19-12(3)21/h10-11H,4-9H2,1-3H3,(H,19,21)(H,20,22). The molecule has 2 N–H and O–H groups in total. The molecule has 0 bridgehead atoms. The number of rotatable bonds is 10. The number of halogens is 1. The summed E-state index contributed by atoms with van der Waals surface area (Å²) < 4.78 is 11.2. The average molecular weight is 357 g/mol. The molecule has 0 fully saturated rings. The van der Waals surface area contributed by atoms with Crippen LogP contribution in [0.3, 0.4) is 0 Å². The summed E-state index contributed by atoms with van der Waals surface area (Å²) >= 11 is 6.25. The molecule has 24 heavy (non-hydrogen) atoms.